The highest BCUT2D eigenvalue weighted by molar-refractivity contribution is 9.10. The molecule has 0 amide bonds. The Hall–Kier alpha value is -1.10. The maximum absolute atomic E-state index is 11.1. The second-order valence-electron chi connectivity index (χ2n) is 2.81. The lowest BCUT2D eigenvalue weighted by Crippen LogP contribution is -2.08. The van der Waals surface area contributed by atoms with Crippen LogP contribution >= 0.6 is 15.9 Å². The van der Waals surface area contributed by atoms with E-state index < -0.39 is 0 Å². The van der Waals surface area contributed by atoms with Crippen LogP contribution in [0.25, 0.3) is 11.2 Å². The van der Waals surface area contributed by atoms with Crippen molar-refractivity contribution in [2.24, 2.45) is 7.05 Å². The number of pyridine rings is 1. The molecule has 13 heavy (non-hydrogen) atoms. The van der Waals surface area contributed by atoms with E-state index >= 15 is 0 Å². The number of fused-ring (bicyclic) bond motifs is 1. The van der Waals surface area contributed by atoms with Crippen molar-refractivity contribution in [3.05, 3.63) is 26.8 Å². The minimum absolute atomic E-state index is 0.383. The summed E-state index contributed by atoms with van der Waals surface area (Å²) in [6, 6.07) is 0. The predicted octanol–water partition coefficient (Wildman–Crippen LogP) is 1.60. The van der Waals surface area contributed by atoms with Gasteiger partial charge < -0.3 is 4.42 Å². The lowest BCUT2D eigenvalue weighted by atomic mass is 10.3. The highest BCUT2D eigenvalue weighted by Gasteiger charge is 2.11. The van der Waals surface area contributed by atoms with Crippen LogP contribution < -0.4 is 5.76 Å². The minimum atomic E-state index is -0.385. The zero-order valence-electron chi connectivity index (χ0n) is 7.17. The summed E-state index contributed by atoms with van der Waals surface area (Å²) in [7, 11) is 1.66. The van der Waals surface area contributed by atoms with E-state index in [4.69, 9.17) is 4.42 Å². The summed E-state index contributed by atoms with van der Waals surface area (Å²) in [4.78, 5) is 15.1. The van der Waals surface area contributed by atoms with Gasteiger partial charge in [-0.15, -0.1) is 0 Å². The molecule has 0 aromatic carbocycles. The van der Waals surface area contributed by atoms with Gasteiger partial charge in [0, 0.05) is 17.7 Å². The molecule has 0 aliphatic heterocycles. The molecule has 0 atom stereocenters. The van der Waals surface area contributed by atoms with E-state index in [1.54, 1.807) is 13.2 Å². The summed E-state index contributed by atoms with van der Waals surface area (Å²) in [5, 5.41) is 0. The summed E-state index contributed by atoms with van der Waals surface area (Å²) in [5.74, 6) is -0.385. The van der Waals surface area contributed by atoms with Gasteiger partial charge in [0.15, 0.2) is 0 Å². The Labute approximate surface area is 82.3 Å². The fraction of sp³-hybridized carbons (Fsp3) is 0.250. The molecule has 0 aliphatic rings. The number of hydrogen-bond acceptors (Lipinski definition) is 3. The molecule has 68 valence electrons. The molecule has 4 nitrogen and oxygen atoms in total. The Bertz CT molecular complexity index is 527. The third-order valence-corrected chi connectivity index (χ3v) is 2.80. The first-order valence-corrected chi connectivity index (χ1v) is 4.51. The topological polar surface area (TPSA) is 48.0 Å². The minimum Gasteiger partial charge on any atom is -0.389 e. The van der Waals surface area contributed by atoms with Gasteiger partial charge in [0.1, 0.15) is 5.52 Å². The molecular formula is C8H7BrN2O2. The molecule has 0 fully saturated rings. The van der Waals surface area contributed by atoms with E-state index in [1.165, 1.54) is 4.57 Å². The molecule has 2 aromatic heterocycles. The van der Waals surface area contributed by atoms with Crippen molar-refractivity contribution in [2.75, 3.05) is 0 Å². The first kappa shape index (κ1) is 8.50. The number of aryl methyl sites for hydroxylation is 2. The average Bonchev–Trinajstić information content (AvgIpc) is 2.37. The zero-order valence-corrected chi connectivity index (χ0v) is 8.75. The van der Waals surface area contributed by atoms with Crippen LogP contribution in [0.5, 0.6) is 0 Å². The van der Waals surface area contributed by atoms with Gasteiger partial charge in [-0.2, -0.15) is 0 Å². The number of hydrogen-bond donors (Lipinski definition) is 0. The molecule has 2 heterocycles. The molecular weight excluding hydrogens is 236 g/mol. The number of nitrogens with zero attached hydrogens (tertiary/aromatic N) is 2. The summed E-state index contributed by atoms with van der Waals surface area (Å²) in [6.45, 7) is 1.91. The SMILES string of the molecule is Cc1c(Br)cnc2oc(=O)n(C)c12. The molecule has 0 bridgehead atoms. The van der Waals surface area contributed by atoms with E-state index in [0.717, 1.165) is 15.6 Å². The van der Waals surface area contributed by atoms with Crippen LogP contribution in [0.15, 0.2) is 19.9 Å². The third kappa shape index (κ3) is 1.11. The maximum Gasteiger partial charge on any atom is 0.421 e. The van der Waals surface area contributed by atoms with Gasteiger partial charge in [-0.05, 0) is 28.4 Å². The highest BCUT2D eigenvalue weighted by atomic mass is 79.9. The van der Waals surface area contributed by atoms with Gasteiger partial charge in [0.05, 0.1) is 0 Å². The van der Waals surface area contributed by atoms with Crippen LogP contribution in [0.3, 0.4) is 0 Å². The van der Waals surface area contributed by atoms with Gasteiger partial charge in [0.25, 0.3) is 0 Å². The average molecular weight is 243 g/mol. The smallest absolute Gasteiger partial charge is 0.389 e. The first-order valence-electron chi connectivity index (χ1n) is 3.72. The van der Waals surface area contributed by atoms with Crippen molar-refractivity contribution in [1.29, 1.82) is 0 Å². The number of oxazole rings is 1. The van der Waals surface area contributed by atoms with Gasteiger partial charge >= 0.3 is 5.76 Å². The van der Waals surface area contributed by atoms with Crippen LogP contribution in [-0.4, -0.2) is 9.55 Å². The van der Waals surface area contributed by atoms with Crippen LogP contribution in [0, 0.1) is 6.92 Å². The normalized spacial score (nSPS) is 11.0. The second-order valence-corrected chi connectivity index (χ2v) is 3.67. The van der Waals surface area contributed by atoms with Crippen molar-refractivity contribution in [1.82, 2.24) is 9.55 Å². The largest absolute Gasteiger partial charge is 0.421 e. The van der Waals surface area contributed by atoms with Crippen LogP contribution in [-0.2, 0) is 7.05 Å². The van der Waals surface area contributed by atoms with Gasteiger partial charge in [0.2, 0.25) is 5.71 Å². The standard InChI is InChI=1S/C8H7BrN2O2/c1-4-5(9)3-10-7-6(4)11(2)8(12)13-7/h3H,1-2H3. The number of aromatic nitrogens is 2. The van der Waals surface area contributed by atoms with Crippen molar-refractivity contribution in [3.63, 3.8) is 0 Å². The van der Waals surface area contributed by atoms with Crippen LogP contribution in [0.4, 0.5) is 0 Å². The quantitative estimate of drug-likeness (QED) is 0.706. The van der Waals surface area contributed by atoms with E-state index in [1.807, 2.05) is 6.92 Å². The molecule has 0 aliphatic carbocycles. The molecule has 0 N–H and O–H groups in total. The predicted molar refractivity (Wildman–Crippen MR) is 51.7 cm³/mol. The fourth-order valence-corrected chi connectivity index (χ4v) is 1.55. The molecule has 5 heteroatoms. The van der Waals surface area contributed by atoms with Crippen LogP contribution in [0.2, 0.25) is 0 Å². The molecule has 0 unspecified atom stereocenters. The number of halogens is 1. The lowest BCUT2D eigenvalue weighted by molar-refractivity contribution is 0.520. The van der Waals surface area contributed by atoms with Crippen molar-refractivity contribution in [3.8, 4) is 0 Å². The molecule has 0 spiro atoms. The van der Waals surface area contributed by atoms with Crippen molar-refractivity contribution < 1.29 is 4.42 Å². The Kier molecular flexibility index (Phi) is 1.76. The lowest BCUT2D eigenvalue weighted by Gasteiger charge is -1.98. The highest BCUT2D eigenvalue weighted by Crippen LogP contribution is 2.21. The molecule has 2 rings (SSSR count). The van der Waals surface area contributed by atoms with E-state index in [-0.39, 0.29) is 5.76 Å². The van der Waals surface area contributed by atoms with Crippen LogP contribution in [0.1, 0.15) is 5.56 Å². The Morgan fingerprint density at radius 3 is 3.00 bits per heavy atom. The van der Waals surface area contributed by atoms with E-state index in [0.29, 0.717) is 5.71 Å². The molecule has 0 saturated carbocycles. The summed E-state index contributed by atoms with van der Waals surface area (Å²) >= 11 is 3.34. The van der Waals surface area contributed by atoms with Gasteiger partial charge in [-0.3, -0.25) is 4.57 Å². The van der Waals surface area contributed by atoms with Crippen molar-refractivity contribution in [2.45, 2.75) is 6.92 Å². The zero-order chi connectivity index (χ0) is 9.59. The second kappa shape index (κ2) is 2.70. The Morgan fingerprint density at radius 2 is 2.31 bits per heavy atom. The van der Waals surface area contributed by atoms with E-state index in [9.17, 15) is 4.79 Å². The first-order chi connectivity index (χ1) is 6.11. The van der Waals surface area contributed by atoms with E-state index in [2.05, 4.69) is 20.9 Å². The molecule has 2 aromatic rings. The summed E-state index contributed by atoms with van der Waals surface area (Å²) in [6.07, 6.45) is 1.63. The van der Waals surface area contributed by atoms with Gasteiger partial charge in [-0.25, -0.2) is 9.78 Å². The monoisotopic (exact) mass is 242 g/mol. The molecule has 0 saturated heterocycles. The maximum atomic E-state index is 11.1. The Balaban J connectivity index is 3.05. The summed E-state index contributed by atoms with van der Waals surface area (Å²) in [5.41, 5.74) is 2.07. The van der Waals surface area contributed by atoms with Crippen molar-refractivity contribution >= 4 is 27.2 Å². The third-order valence-electron chi connectivity index (χ3n) is 2.00. The van der Waals surface area contributed by atoms with Gasteiger partial charge in [-0.1, -0.05) is 0 Å². The fourth-order valence-electron chi connectivity index (χ4n) is 1.26. The summed E-state index contributed by atoms with van der Waals surface area (Å²) < 4.78 is 7.23. The molecule has 0 radical (unpaired) electrons. The number of rotatable bonds is 0. The Morgan fingerprint density at radius 1 is 1.62 bits per heavy atom.